The number of hydrogen-bond acceptors (Lipinski definition) is 5. The van der Waals surface area contributed by atoms with Gasteiger partial charge in [-0.3, -0.25) is 4.99 Å². The van der Waals surface area contributed by atoms with Crippen LogP contribution in [0.5, 0.6) is 5.75 Å². The van der Waals surface area contributed by atoms with Crippen molar-refractivity contribution < 1.29 is 22.4 Å². The van der Waals surface area contributed by atoms with Crippen LogP contribution in [0.25, 0.3) is 0 Å². The number of hydrogen-bond donors (Lipinski definition) is 2. The van der Waals surface area contributed by atoms with E-state index in [0.717, 1.165) is 12.0 Å². The van der Waals surface area contributed by atoms with Gasteiger partial charge in [0.25, 0.3) is 0 Å². The number of alkyl halides is 3. The smallest absolute Gasteiger partial charge is 0.422 e. The zero-order chi connectivity index (χ0) is 21.3. The van der Waals surface area contributed by atoms with Gasteiger partial charge in [-0.2, -0.15) is 18.2 Å². The first-order valence-electron chi connectivity index (χ1n) is 9.32. The van der Waals surface area contributed by atoms with Crippen LogP contribution in [0.1, 0.15) is 43.5 Å². The number of ether oxygens (including phenoxy) is 1. The van der Waals surface area contributed by atoms with Gasteiger partial charge in [0.1, 0.15) is 5.75 Å². The molecule has 0 atom stereocenters. The van der Waals surface area contributed by atoms with Crippen LogP contribution in [0, 0.1) is 0 Å². The van der Waals surface area contributed by atoms with E-state index >= 15 is 0 Å². The summed E-state index contributed by atoms with van der Waals surface area (Å²) < 4.78 is 46.4. The van der Waals surface area contributed by atoms with Gasteiger partial charge in [0.2, 0.25) is 5.89 Å². The Kier molecular flexibility index (Phi) is 8.29. The molecule has 2 aromatic rings. The molecule has 2 N–H and O–H groups in total. The molecule has 1 aromatic carbocycles. The zero-order valence-electron chi connectivity index (χ0n) is 16.7. The summed E-state index contributed by atoms with van der Waals surface area (Å²) >= 11 is 0. The van der Waals surface area contributed by atoms with E-state index in [4.69, 9.17) is 4.52 Å². The van der Waals surface area contributed by atoms with Crippen LogP contribution in [0.15, 0.2) is 33.8 Å². The minimum absolute atomic E-state index is 0.176. The number of nitrogens with one attached hydrogen (secondary N) is 2. The Morgan fingerprint density at radius 2 is 1.93 bits per heavy atom. The summed E-state index contributed by atoms with van der Waals surface area (Å²) in [6.45, 7) is 3.86. The second-order valence-corrected chi connectivity index (χ2v) is 6.70. The summed E-state index contributed by atoms with van der Waals surface area (Å²) in [4.78, 5) is 8.47. The minimum atomic E-state index is -4.35. The second-order valence-electron chi connectivity index (χ2n) is 6.70. The molecule has 7 nitrogen and oxygen atoms in total. The molecule has 0 aliphatic rings. The molecule has 0 radical (unpaired) electrons. The molecule has 0 saturated carbocycles. The minimum Gasteiger partial charge on any atom is -0.484 e. The molecule has 1 aromatic heterocycles. The van der Waals surface area contributed by atoms with Crippen LogP contribution in [0.4, 0.5) is 13.2 Å². The van der Waals surface area contributed by atoms with Crippen molar-refractivity contribution in [3.8, 4) is 5.75 Å². The summed E-state index contributed by atoms with van der Waals surface area (Å²) in [7, 11) is 1.66. The number of halogens is 3. The van der Waals surface area contributed by atoms with Gasteiger partial charge in [0.15, 0.2) is 18.4 Å². The largest absolute Gasteiger partial charge is 0.484 e. The van der Waals surface area contributed by atoms with E-state index in [2.05, 4.69) is 30.5 Å². The third kappa shape index (κ3) is 8.41. The highest BCUT2D eigenvalue weighted by Gasteiger charge is 2.28. The van der Waals surface area contributed by atoms with Crippen molar-refractivity contribution in [1.29, 1.82) is 0 Å². The highest BCUT2D eigenvalue weighted by molar-refractivity contribution is 5.79. The molecule has 0 bridgehead atoms. The number of benzene rings is 1. The summed E-state index contributed by atoms with van der Waals surface area (Å²) in [5, 5.41) is 10.3. The van der Waals surface area contributed by atoms with Gasteiger partial charge in [0, 0.05) is 32.5 Å². The number of rotatable bonds is 9. The third-order valence-corrected chi connectivity index (χ3v) is 3.87. The van der Waals surface area contributed by atoms with E-state index in [0.29, 0.717) is 37.2 Å². The topological polar surface area (TPSA) is 84.6 Å². The average molecular weight is 413 g/mol. The predicted molar refractivity (Wildman–Crippen MR) is 103 cm³/mol. The van der Waals surface area contributed by atoms with Crippen LogP contribution < -0.4 is 15.4 Å². The van der Waals surface area contributed by atoms with Crippen molar-refractivity contribution in [3.63, 3.8) is 0 Å². The third-order valence-electron chi connectivity index (χ3n) is 3.87. The van der Waals surface area contributed by atoms with Crippen molar-refractivity contribution in [2.75, 3.05) is 20.2 Å². The lowest BCUT2D eigenvalue weighted by Crippen LogP contribution is -2.37. The first-order chi connectivity index (χ1) is 13.8. The molecule has 10 heteroatoms. The number of guanidine groups is 1. The Morgan fingerprint density at radius 1 is 1.21 bits per heavy atom. The first kappa shape index (κ1) is 22.5. The normalized spacial score (nSPS) is 12.3. The van der Waals surface area contributed by atoms with E-state index in [9.17, 15) is 13.2 Å². The van der Waals surface area contributed by atoms with E-state index < -0.39 is 12.8 Å². The van der Waals surface area contributed by atoms with Crippen molar-refractivity contribution in [2.45, 2.75) is 45.3 Å². The summed E-state index contributed by atoms with van der Waals surface area (Å²) in [5.74, 6) is 2.36. The standard InChI is InChI=1S/C19H26F3N5O2/c1-13(2)17-26-16(29-27-17)5-4-10-24-18(23-3)25-11-14-6-8-15(9-7-14)28-12-19(20,21)22/h6-9,13H,4-5,10-12H2,1-3H3,(H2,23,24,25). The Bertz CT molecular complexity index is 773. The summed E-state index contributed by atoms with van der Waals surface area (Å²) in [6, 6.07) is 6.42. The van der Waals surface area contributed by atoms with Crippen molar-refractivity contribution in [3.05, 3.63) is 41.5 Å². The van der Waals surface area contributed by atoms with E-state index in [1.165, 1.54) is 12.1 Å². The Hall–Kier alpha value is -2.78. The quantitative estimate of drug-likeness (QED) is 0.372. The fourth-order valence-corrected chi connectivity index (χ4v) is 2.33. The Balaban J connectivity index is 1.69. The van der Waals surface area contributed by atoms with Crippen molar-refractivity contribution >= 4 is 5.96 Å². The molecule has 160 valence electrons. The fraction of sp³-hybridized carbons (Fsp3) is 0.526. The molecule has 0 aliphatic heterocycles. The SMILES string of the molecule is CN=C(NCCCc1nc(C(C)C)no1)NCc1ccc(OCC(F)(F)F)cc1. The zero-order valence-corrected chi connectivity index (χ0v) is 16.7. The molecule has 0 fully saturated rings. The van der Waals surface area contributed by atoms with Gasteiger partial charge in [0.05, 0.1) is 0 Å². The van der Waals surface area contributed by atoms with E-state index in [1.54, 1.807) is 19.2 Å². The van der Waals surface area contributed by atoms with Gasteiger partial charge in [-0.05, 0) is 24.1 Å². The highest BCUT2D eigenvalue weighted by Crippen LogP contribution is 2.18. The van der Waals surface area contributed by atoms with Crippen molar-refractivity contribution in [2.24, 2.45) is 4.99 Å². The highest BCUT2D eigenvalue weighted by atomic mass is 19.4. The van der Waals surface area contributed by atoms with Crippen LogP contribution in [-0.4, -0.2) is 42.5 Å². The molecule has 0 saturated heterocycles. The molecule has 0 amide bonds. The Labute approximate surface area is 167 Å². The van der Waals surface area contributed by atoms with Crippen LogP contribution >= 0.6 is 0 Å². The summed E-state index contributed by atoms with van der Waals surface area (Å²) in [6.07, 6.45) is -2.88. The maximum atomic E-state index is 12.2. The van der Waals surface area contributed by atoms with Gasteiger partial charge in [-0.15, -0.1) is 0 Å². The van der Waals surface area contributed by atoms with Gasteiger partial charge in [-0.1, -0.05) is 31.1 Å². The van der Waals surface area contributed by atoms with Crippen LogP contribution in [0.3, 0.4) is 0 Å². The molecule has 0 unspecified atom stereocenters. The maximum absolute atomic E-state index is 12.2. The molecule has 29 heavy (non-hydrogen) atoms. The number of aryl methyl sites for hydroxylation is 1. The molecule has 2 rings (SSSR count). The van der Waals surface area contributed by atoms with Crippen LogP contribution in [0.2, 0.25) is 0 Å². The van der Waals surface area contributed by atoms with Crippen LogP contribution in [-0.2, 0) is 13.0 Å². The maximum Gasteiger partial charge on any atom is 0.422 e. The second kappa shape index (κ2) is 10.7. The predicted octanol–water partition coefficient (Wildman–Crippen LogP) is 3.43. The summed E-state index contributed by atoms with van der Waals surface area (Å²) in [5.41, 5.74) is 0.888. The van der Waals surface area contributed by atoms with Gasteiger partial charge < -0.3 is 19.9 Å². The number of aromatic nitrogens is 2. The number of nitrogens with zero attached hydrogens (tertiary/aromatic N) is 3. The fourth-order valence-electron chi connectivity index (χ4n) is 2.33. The number of aliphatic imine (C=N–C) groups is 1. The Morgan fingerprint density at radius 3 is 2.52 bits per heavy atom. The lowest BCUT2D eigenvalue weighted by molar-refractivity contribution is -0.153. The van der Waals surface area contributed by atoms with Gasteiger partial charge >= 0.3 is 6.18 Å². The molecular weight excluding hydrogens is 387 g/mol. The molecular formula is C19H26F3N5O2. The monoisotopic (exact) mass is 413 g/mol. The average Bonchev–Trinajstić information content (AvgIpc) is 3.15. The molecule has 1 heterocycles. The lowest BCUT2D eigenvalue weighted by Gasteiger charge is -2.12. The molecule has 0 aliphatic carbocycles. The van der Waals surface area contributed by atoms with E-state index in [1.807, 2.05) is 13.8 Å². The van der Waals surface area contributed by atoms with Crippen molar-refractivity contribution in [1.82, 2.24) is 20.8 Å². The first-order valence-corrected chi connectivity index (χ1v) is 9.32. The molecule has 0 spiro atoms. The van der Waals surface area contributed by atoms with Gasteiger partial charge in [-0.25, -0.2) is 0 Å². The van der Waals surface area contributed by atoms with E-state index in [-0.39, 0.29) is 11.7 Å². The lowest BCUT2D eigenvalue weighted by atomic mass is 10.2.